The lowest BCUT2D eigenvalue weighted by molar-refractivity contribution is -0.118. The lowest BCUT2D eigenvalue weighted by Crippen LogP contribution is -2.45. The van der Waals surface area contributed by atoms with Gasteiger partial charge in [0.25, 0.3) is 0 Å². The molecule has 0 unspecified atom stereocenters. The van der Waals surface area contributed by atoms with Crippen molar-refractivity contribution < 1.29 is 28.7 Å². The minimum Gasteiger partial charge on any atom is -0.444 e. The van der Waals surface area contributed by atoms with Crippen LogP contribution in [0.2, 0.25) is 0 Å². The SMILES string of the molecule is CC[C@H](NC(=O)OC(C)(C)C)C(=O)Nc1cccc(-c2csc(CONC(=O)OC(C)(C)C)n2)n1. The molecule has 0 saturated heterocycles. The molecule has 1 atom stereocenters. The smallest absolute Gasteiger partial charge is 0.431 e. The summed E-state index contributed by atoms with van der Waals surface area (Å²) in [5, 5.41) is 7.68. The van der Waals surface area contributed by atoms with Gasteiger partial charge in [0.15, 0.2) is 0 Å². The fraction of sp³-hybridized carbons (Fsp3) is 0.522. The normalized spacial score (nSPS) is 12.4. The molecule has 2 aromatic rings. The lowest BCUT2D eigenvalue weighted by Gasteiger charge is -2.22. The molecule has 12 heteroatoms. The van der Waals surface area contributed by atoms with Gasteiger partial charge in [-0.05, 0) is 60.1 Å². The third kappa shape index (κ3) is 10.3. The number of aromatic nitrogens is 2. The number of hydrogen-bond acceptors (Lipinski definition) is 9. The number of carbonyl (C=O) groups is 3. The Labute approximate surface area is 208 Å². The monoisotopic (exact) mass is 507 g/mol. The first-order chi connectivity index (χ1) is 16.3. The fourth-order valence-corrected chi connectivity index (χ4v) is 3.31. The average Bonchev–Trinajstić information content (AvgIpc) is 3.18. The van der Waals surface area contributed by atoms with Crippen LogP contribution in [0, 0.1) is 0 Å². The Balaban J connectivity index is 1.95. The van der Waals surface area contributed by atoms with E-state index >= 15 is 0 Å². The molecule has 192 valence electrons. The van der Waals surface area contributed by atoms with Crippen molar-refractivity contribution in [2.24, 2.45) is 0 Å². The summed E-state index contributed by atoms with van der Waals surface area (Å²) in [4.78, 5) is 50.4. The standard InChI is InChI=1S/C23H33N5O6S/c1-8-14(26-20(30)33-22(2,3)4)19(29)27-17-11-9-10-15(24-17)16-13-35-18(25-16)12-32-28-21(31)34-23(5,6)7/h9-11,13-14H,8,12H2,1-7H3,(H,26,30)(H,28,31)(H,24,27,29)/t14-/m0/s1. The molecule has 35 heavy (non-hydrogen) atoms. The zero-order chi connectivity index (χ0) is 26.2. The van der Waals surface area contributed by atoms with Crippen molar-refractivity contribution in [3.8, 4) is 11.4 Å². The Bertz CT molecular complexity index is 1030. The summed E-state index contributed by atoms with van der Waals surface area (Å²) in [5.41, 5.74) is 2.04. The summed E-state index contributed by atoms with van der Waals surface area (Å²) in [6.07, 6.45) is -0.983. The van der Waals surface area contributed by atoms with Gasteiger partial charge in [0.2, 0.25) is 5.91 Å². The van der Waals surface area contributed by atoms with Gasteiger partial charge in [0, 0.05) is 5.38 Å². The number of hydroxylamine groups is 1. The third-order valence-electron chi connectivity index (χ3n) is 3.98. The van der Waals surface area contributed by atoms with Crippen molar-refractivity contribution in [3.05, 3.63) is 28.6 Å². The van der Waals surface area contributed by atoms with E-state index in [2.05, 4.69) is 26.1 Å². The van der Waals surface area contributed by atoms with E-state index in [1.165, 1.54) is 11.3 Å². The van der Waals surface area contributed by atoms with Gasteiger partial charge >= 0.3 is 12.2 Å². The second-order valence-corrected chi connectivity index (χ2v) is 10.5. The first kappa shape index (κ1) is 28.0. The molecule has 0 aliphatic carbocycles. The van der Waals surface area contributed by atoms with Crippen LogP contribution in [0.4, 0.5) is 15.4 Å². The number of ether oxygens (including phenoxy) is 2. The van der Waals surface area contributed by atoms with Crippen LogP contribution in [-0.4, -0.2) is 45.3 Å². The van der Waals surface area contributed by atoms with E-state index in [9.17, 15) is 14.4 Å². The van der Waals surface area contributed by atoms with Crippen LogP contribution in [0.15, 0.2) is 23.6 Å². The largest absolute Gasteiger partial charge is 0.444 e. The minimum atomic E-state index is -0.782. The van der Waals surface area contributed by atoms with Gasteiger partial charge in [-0.1, -0.05) is 13.0 Å². The van der Waals surface area contributed by atoms with E-state index in [0.29, 0.717) is 28.6 Å². The molecule has 0 spiro atoms. The van der Waals surface area contributed by atoms with Crippen LogP contribution in [0.3, 0.4) is 0 Å². The maximum absolute atomic E-state index is 12.7. The van der Waals surface area contributed by atoms with Crippen molar-refractivity contribution in [1.29, 1.82) is 0 Å². The minimum absolute atomic E-state index is 0.0504. The molecule has 3 amide bonds. The summed E-state index contributed by atoms with van der Waals surface area (Å²) < 4.78 is 10.3. The van der Waals surface area contributed by atoms with Crippen molar-refractivity contribution in [1.82, 2.24) is 20.8 Å². The maximum Gasteiger partial charge on any atom is 0.431 e. The number of alkyl carbamates (subject to hydrolysis) is 1. The van der Waals surface area contributed by atoms with Crippen LogP contribution in [-0.2, 0) is 25.7 Å². The predicted molar refractivity (Wildman–Crippen MR) is 132 cm³/mol. The van der Waals surface area contributed by atoms with Crippen LogP contribution in [0.5, 0.6) is 0 Å². The zero-order valence-electron chi connectivity index (χ0n) is 21.1. The highest BCUT2D eigenvalue weighted by molar-refractivity contribution is 7.09. The Hall–Kier alpha value is -3.25. The molecule has 3 N–H and O–H groups in total. The summed E-state index contributed by atoms with van der Waals surface area (Å²) in [6, 6.07) is 4.35. The summed E-state index contributed by atoms with van der Waals surface area (Å²) in [7, 11) is 0. The van der Waals surface area contributed by atoms with Gasteiger partial charge in [-0.3, -0.25) is 9.63 Å². The molecule has 2 rings (SSSR count). The fourth-order valence-electron chi connectivity index (χ4n) is 2.61. The van der Waals surface area contributed by atoms with Gasteiger partial charge < -0.3 is 20.1 Å². The lowest BCUT2D eigenvalue weighted by atomic mass is 10.2. The number of nitrogens with one attached hydrogen (secondary N) is 3. The average molecular weight is 508 g/mol. The van der Waals surface area contributed by atoms with Crippen molar-refractivity contribution in [3.63, 3.8) is 0 Å². The highest BCUT2D eigenvalue weighted by Gasteiger charge is 2.23. The van der Waals surface area contributed by atoms with E-state index in [1.54, 1.807) is 72.0 Å². The van der Waals surface area contributed by atoms with Crippen LogP contribution < -0.4 is 16.1 Å². The van der Waals surface area contributed by atoms with Gasteiger partial charge in [0.1, 0.15) is 40.4 Å². The number of rotatable bonds is 8. The Morgan fingerprint density at radius 3 is 2.26 bits per heavy atom. The van der Waals surface area contributed by atoms with E-state index in [4.69, 9.17) is 14.3 Å². The van der Waals surface area contributed by atoms with Crippen LogP contribution >= 0.6 is 11.3 Å². The van der Waals surface area contributed by atoms with Crippen molar-refractivity contribution in [2.45, 2.75) is 78.7 Å². The highest BCUT2D eigenvalue weighted by atomic mass is 32.1. The molecular formula is C23H33N5O6S. The van der Waals surface area contributed by atoms with E-state index in [-0.39, 0.29) is 6.61 Å². The first-order valence-electron chi connectivity index (χ1n) is 11.1. The van der Waals surface area contributed by atoms with E-state index in [0.717, 1.165) is 0 Å². The quantitative estimate of drug-likeness (QED) is 0.447. The predicted octanol–water partition coefficient (Wildman–Crippen LogP) is 4.40. The molecule has 11 nitrogen and oxygen atoms in total. The Morgan fingerprint density at radius 2 is 1.63 bits per heavy atom. The van der Waals surface area contributed by atoms with Crippen LogP contribution in [0.25, 0.3) is 11.4 Å². The number of thiazole rings is 1. The summed E-state index contributed by atoms with van der Waals surface area (Å²) in [6.45, 7) is 12.3. The zero-order valence-corrected chi connectivity index (χ0v) is 21.9. The third-order valence-corrected chi connectivity index (χ3v) is 4.80. The van der Waals surface area contributed by atoms with E-state index in [1.807, 2.05) is 0 Å². The Kier molecular flexibility index (Phi) is 9.55. The molecular weight excluding hydrogens is 474 g/mol. The number of hydrogen-bond donors (Lipinski definition) is 3. The summed E-state index contributed by atoms with van der Waals surface area (Å²) >= 11 is 1.33. The second kappa shape index (κ2) is 11.9. The molecule has 0 fully saturated rings. The molecule has 0 aromatic carbocycles. The molecule has 0 aliphatic rings. The molecule has 0 radical (unpaired) electrons. The summed E-state index contributed by atoms with van der Waals surface area (Å²) in [5.74, 6) is -0.0991. The van der Waals surface area contributed by atoms with Gasteiger partial charge in [-0.25, -0.2) is 19.6 Å². The molecule has 0 aliphatic heterocycles. The number of pyridine rings is 1. The van der Waals surface area contributed by atoms with Gasteiger partial charge in [-0.15, -0.1) is 11.3 Å². The van der Waals surface area contributed by atoms with Gasteiger partial charge in [-0.2, -0.15) is 5.48 Å². The molecule has 0 saturated carbocycles. The van der Waals surface area contributed by atoms with Gasteiger partial charge in [0.05, 0.1) is 5.69 Å². The maximum atomic E-state index is 12.7. The number of anilines is 1. The highest BCUT2D eigenvalue weighted by Crippen LogP contribution is 2.22. The molecule has 2 heterocycles. The topological polar surface area (TPSA) is 141 Å². The number of carbonyl (C=O) groups excluding carboxylic acids is 3. The van der Waals surface area contributed by atoms with Crippen LogP contribution in [0.1, 0.15) is 59.9 Å². The number of nitrogens with zero attached hydrogens (tertiary/aromatic N) is 2. The number of amides is 3. The van der Waals surface area contributed by atoms with Crippen molar-refractivity contribution >= 4 is 35.2 Å². The van der Waals surface area contributed by atoms with E-state index < -0.39 is 35.3 Å². The first-order valence-corrected chi connectivity index (χ1v) is 12.0. The Morgan fingerprint density at radius 1 is 0.971 bits per heavy atom. The second-order valence-electron chi connectivity index (χ2n) is 9.52. The van der Waals surface area contributed by atoms with Crippen molar-refractivity contribution in [2.75, 3.05) is 5.32 Å². The molecule has 2 aromatic heterocycles. The molecule has 0 bridgehead atoms.